The summed E-state index contributed by atoms with van der Waals surface area (Å²) in [7, 11) is 0. The van der Waals surface area contributed by atoms with E-state index in [0.29, 0.717) is 11.4 Å². The fourth-order valence-electron chi connectivity index (χ4n) is 2.74. The number of benzene rings is 1. The van der Waals surface area contributed by atoms with Gasteiger partial charge in [0.2, 0.25) is 17.7 Å². The van der Waals surface area contributed by atoms with Crippen LogP contribution >= 0.6 is 0 Å². The first-order valence-corrected chi connectivity index (χ1v) is 8.47. The van der Waals surface area contributed by atoms with Crippen molar-refractivity contribution >= 4 is 17.8 Å². The zero-order valence-electron chi connectivity index (χ0n) is 15.1. The molecule has 1 aliphatic rings. The summed E-state index contributed by atoms with van der Waals surface area (Å²) in [6, 6.07) is 8.87. The molecule has 0 aliphatic carbocycles. The van der Waals surface area contributed by atoms with E-state index in [4.69, 9.17) is 4.74 Å². The fraction of sp³-hybridized carbons (Fsp3) is 0.263. The molecular formula is C19H20N4O4. The number of rotatable bonds is 6. The van der Waals surface area contributed by atoms with Crippen LogP contribution in [-0.4, -0.2) is 40.8 Å². The Morgan fingerprint density at radius 1 is 1.22 bits per heavy atom. The van der Waals surface area contributed by atoms with Crippen LogP contribution in [0.2, 0.25) is 0 Å². The molecule has 0 radical (unpaired) electrons. The zero-order chi connectivity index (χ0) is 19.4. The van der Waals surface area contributed by atoms with Crippen LogP contribution in [0.15, 0.2) is 36.5 Å². The lowest BCUT2D eigenvalue weighted by atomic mass is 10.1. The van der Waals surface area contributed by atoms with Crippen LogP contribution in [0.25, 0.3) is 0 Å². The summed E-state index contributed by atoms with van der Waals surface area (Å²) in [5, 5.41) is 4.86. The van der Waals surface area contributed by atoms with Crippen LogP contribution in [0.1, 0.15) is 16.7 Å². The maximum Gasteiger partial charge on any atom is 0.325 e. The van der Waals surface area contributed by atoms with Crippen molar-refractivity contribution in [2.45, 2.75) is 20.4 Å². The van der Waals surface area contributed by atoms with E-state index >= 15 is 0 Å². The number of pyridine rings is 1. The van der Waals surface area contributed by atoms with E-state index in [1.54, 1.807) is 12.3 Å². The number of amides is 4. The standard InChI is InChI=1S/C19H20N4O4/c1-12-5-3-6-13(2)17(12)27-18-14(7-4-8-20-18)9-21-15(24)10-23-11-16(25)22-19(23)26/h3-8H,9-11H2,1-2H3,(H,21,24)(H,22,25,26). The topological polar surface area (TPSA) is 101 Å². The third-order valence-corrected chi connectivity index (χ3v) is 4.14. The molecule has 1 aromatic heterocycles. The van der Waals surface area contributed by atoms with Crippen molar-refractivity contribution in [3.05, 3.63) is 53.2 Å². The van der Waals surface area contributed by atoms with Crippen LogP contribution in [0, 0.1) is 13.8 Å². The van der Waals surface area contributed by atoms with Crippen LogP contribution in [-0.2, 0) is 16.1 Å². The maximum atomic E-state index is 12.1. The zero-order valence-corrected chi connectivity index (χ0v) is 15.1. The molecule has 140 valence electrons. The summed E-state index contributed by atoms with van der Waals surface area (Å²) in [4.78, 5) is 40.2. The molecular weight excluding hydrogens is 348 g/mol. The highest BCUT2D eigenvalue weighted by atomic mass is 16.5. The summed E-state index contributed by atoms with van der Waals surface area (Å²) in [6.07, 6.45) is 1.62. The Morgan fingerprint density at radius 3 is 2.63 bits per heavy atom. The number of nitrogens with zero attached hydrogens (tertiary/aromatic N) is 2. The minimum Gasteiger partial charge on any atom is -0.438 e. The molecule has 0 spiro atoms. The van der Waals surface area contributed by atoms with E-state index in [9.17, 15) is 14.4 Å². The van der Waals surface area contributed by atoms with Gasteiger partial charge in [0.1, 0.15) is 18.8 Å². The first kappa shape index (κ1) is 18.4. The molecule has 2 heterocycles. The van der Waals surface area contributed by atoms with Crippen molar-refractivity contribution in [3.8, 4) is 11.6 Å². The molecule has 4 amide bonds. The Morgan fingerprint density at radius 2 is 1.96 bits per heavy atom. The SMILES string of the molecule is Cc1cccc(C)c1Oc1ncccc1CNC(=O)CN1CC(=O)NC1=O. The molecule has 1 aliphatic heterocycles. The number of para-hydroxylation sites is 1. The van der Waals surface area contributed by atoms with Crippen molar-refractivity contribution < 1.29 is 19.1 Å². The maximum absolute atomic E-state index is 12.1. The minimum absolute atomic E-state index is 0.111. The molecule has 27 heavy (non-hydrogen) atoms. The van der Waals surface area contributed by atoms with Gasteiger partial charge in [0.25, 0.3) is 0 Å². The number of urea groups is 1. The monoisotopic (exact) mass is 368 g/mol. The van der Waals surface area contributed by atoms with Gasteiger partial charge in [-0.05, 0) is 31.0 Å². The molecule has 1 aromatic carbocycles. The van der Waals surface area contributed by atoms with Gasteiger partial charge in [-0.1, -0.05) is 24.3 Å². The van der Waals surface area contributed by atoms with Gasteiger partial charge >= 0.3 is 6.03 Å². The number of ether oxygens (including phenoxy) is 1. The van der Waals surface area contributed by atoms with Crippen molar-refractivity contribution in [1.29, 1.82) is 0 Å². The summed E-state index contributed by atoms with van der Waals surface area (Å²) < 4.78 is 5.99. The highest BCUT2D eigenvalue weighted by molar-refractivity contribution is 6.03. The third kappa shape index (κ3) is 4.41. The largest absolute Gasteiger partial charge is 0.438 e. The number of aryl methyl sites for hydroxylation is 2. The predicted octanol–water partition coefficient (Wildman–Crippen LogP) is 1.66. The summed E-state index contributed by atoms with van der Waals surface area (Å²) in [5.41, 5.74) is 2.68. The van der Waals surface area contributed by atoms with Crippen LogP contribution in [0.4, 0.5) is 4.79 Å². The average molecular weight is 368 g/mol. The molecule has 1 saturated heterocycles. The Hall–Kier alpha value is -3.42. The van der Waals surface area contributed by atoms with Crippen molar-refractivity contribution in [1.82, 2.24) is 20.5 Å². The quantitative estimate of drug-likeness (QED) is 0.755. The van der Waals surface area contributed by atoms with Crippen molar-refractivity contribution in [3.63, 3.8) is 0 Å². The van der Waals surface area contributed by atoms with E-state index in [-0.39, 0.29) is 25.5 Å². The van der Waals surface area contributed by atoms with Crippen LogP contribution in [0.3, 0.4) is 0 Å². The van der Waals surface area contributed by atoms with Crippen molar-refractivity contribution in [2.24, 2.45) is 0 Å². The second kappa shape index (κ2) is 7.86. The Kier molecular flexibility index (Phi) is 5.35. The molecule has 8 heteroatoms. The van der Waals surface area contributed by atoms with Crippen LogP contribution < -0.4 is 15.4 Å². The van der Waals surface area contributed by atoms with Gasteiger partial charge in [-0.2, -0.15) is 0 Å². The Bertz CT molecular complexity index is 877. The molecule has 2 N–H and O–H groups in total. The summed E-state index contributed by atoms with van der Waals surface area (Å²) in [5.74, 6) is 0.353. The third-order valence-electron chi connectivity index (χ3n) is 4.14. The number of nitrogens with one attached hydrogen (secondary N) is 2. The highest BCUT2D eigenvalue weighted by Gasteiger charge is 2.28. The minimum atomic E-state index is -0.560. The summed E-state index contributed by atoms with van der Waals surface area (Å²) in [6.45, 7) is 3.80. The second-order valence-corrected chi connectivity index (χ2v) is 6.28. The molecule has 8 nitrogen and oxygen atoms in total. The lowest BCUT2D eigenvalue weighted by molar-refractivity contribution is -0.122. The Balaban J connectivity index is 1.65. The van der Waals surface area contributed by atoms with Crippen LogP contribution in [0.5, 0.6) is 11.6 Å². The highest BCUT2D eigenvalue weighted by Crippen LogP contribution is 2.29. The van der Waals surface area contributed by atoms with Gasteiger partial charge in [0.05, 0.1) is 0 Å². The molecule has 0 saturated carbocycles. The van der Waals surface area contributed by atoms with Gasteiger partial charge in [-0.15, -0.1) is 0 Å². The number of carbonyl (C=O) groups is 3. The predicted molar refractivity (Wildman–Crippen MR) is 97.2 cm³/mol. The van der Waals surface area contributed by atoms with Gasteiger partial charge in [0, 0.05) is 18.3 Å². The number of imide groups is 1. The second-order valence-electron chi connectivity index (χ2n) is 6.28. The molecule has 2 aromatic rings. The van der Waals surface area contributed by atoms with E-state index < -0.39 is 11.9 Å². The van der Waals surface area contributed by atoms with Gasteiger partial charge in [0.15, 0.2) is 0 Å². The Labute approximate surface area is 156 Å². The van der Waals surface area contributed by atoms with E-state index in [0.717, 1.165) is 21.8 Å². The van der Waals surface area contributed by atoms with E-state index in [1.165, 1.54) is 0 Å². The number of carbonyl (C=O) groups excluding carboxylic acids is 3. The first-order valence-electron chi connectivity index (χ1n) is 8.47. The molecule has 0 bridgehead atoms. The summed E-state index contributed by atoms with van der Waals surface area (Å²) >= 11 is 0. The molecule has 0 atom stereocenters. The molecule has 3 rings (SSSR count). The van der Waals surface area contributed by atoms with Gasteiger partial charge in [-0.25, -0.2) is 9.78 Å². The van der Waals surface area contributed by atoms with Gasteiger partial charge < -0.3 is 15.0 Å². The number of hydrogen-bond donors (Lipinski definition) is 2. The molecule has 1 fully saturated rings. The lowest BCUT2D eigenvalue weighted by Crippen LogP contribution is -2.38. The number of aromatic nitrogens is 1. The average Bonchev–Trinajstić information content (AvgIpc) is 2.94. The normalized spacial score (nSPS) is 13.5. The van der Waals surface area contributed by atoms with Crippen molar-refractivity contribution in [2.75, 3.05) is 13.1 Å². The lowest BCUT2D eigenvalue weighted by Gasteiger charge is -2.15. The smallest absolute Gasteiger partial charge is 0.325 e. The molecule has 0 unspecified atom stereocenters. The van der Waals surface area contributed by atoms with Gasteiger partial charge in [-0.3, -0.25) is 14.9 Å². The fourth-order valence-corrected chi connectivity index (χ4v) is 2.74. The van der Waals surface area contributed by atoms with E-state index in [2.05, 4.69) is 15.6 Å². The number of hydrogen-bond acceptors (Lipinski definition) is 5. The first-order chi connectivity index (χ1) is 12.9. The van der Waals surface area contributed by atoms with E-state index in [1.807, 2.05) is 38.1 Å².